The second-order valence-corrected chi connectivity index (χ2v) is 5.05. The normalized spacial score (nSPS) is 10.1. The first kappa shape index (κ1) is 14.7. The van der Waals surface area contributed by atoms with E-state index in [1.807, 2.05) is 60.7 Å². The molecule has 0 unspecified atom stereocenters. The monoisotopic (exact) mass is 304 g/mol. The summed E-state index contributed by atoms with van der Waals surface area (Å²) < 4.78 is 0. The number of rotatable bonds is 5. The molecule has 3 aromatic carbocycles. The van der Waals surface area contributed by atoms with Crippen LogP contribution in [0.3, 0.4) is 0 Å². The number of benzene rings is 3. The molecule has 0 amide bonds. The van der Waals surface area contributed by atoms with E-state index < -0.39 is 5.97 Å². The molecular formula is C19H16N2O2. The molecule has 4 heteroatoms. The van der Waals surface area contributed by atoms with Crippen molar-refractivity contribution in [2.75, 3.05) is 10.6 Å². The van der Waals surface area contributed by atoms with Crippen molar-refractivity contribution >= 4 is 28.7 Å². The Balaban J connectivity index is 1.91. The molecule has 0 bridgehead atoms. The van der Waals surface area contributed by atoms with Crippen LogP contribution in [0.5, 0.6) is 0 Å². The Morgan fingerprint density at radius 2 is 1.26 bits per heavy atom. The van der Waals surface area contributed by atoms with Crippen LogP contribution in [0, 0.1) is 0 Å². The van der Waals surface area contributed by atoms with Crippen LogP contribution in [0.25, 0.3) is 0 Å². The summed E-state index contributed by atoms with van der Waals surface area (Å²) in [7, 11) is 0. The number of carboxylic acid groups (broad SMARTS) is 1. The summed E-state index contributed by atoms with van der Waals surface area (Å²) in [5.41, 5.74) is 3.38. The number of aromatic carboxylic acids is 1. The van der Waals surface area contributed by atoms with E-state index in [1.165, 1.54) is 0 Å². The summed E-state index contributed by atoms with van der Waals surface area (Å²) in [6.07, 6.45) is 0. The molecule has 4 nitrogen and oxygen atoms in total. The van der Waals surface area contributed by atoms with Gasteiger partial charge >= 0.3 is 5.97 Å². The molecule has 0 aliphatic carbocycles. The van der Waals surface area contributed by atoms with E-state index in [4.69, 9.17) is 0 Å². The van der Waals surface area contributed by atoms with Gasteiger partial charge in [0.15, 0.2) is 0 Å². The van der Waals surface area contributed by atoms with E-state index in [2.05, 4.69) is 10.6 Å². The predicted molar refractivity (Wildman–Crippen MR) is 92.9 cm³/mol. The van der Waals surface area contributed by atoms with Crippen LogP contribution in [-0.2, 0) is 0 Å². The molecule has 3 N–H and O–H groups in total. The lowest BCUT2D eigenvalue weighted by molar-refractivity contribution is 0.0698. The first-order chi connectivity index (χ1) is 11.2. The smallest absolute Gasteiger partial charge is 0.337 e. The van der Waals surface area contributed by atoms with Crippen molar-refractivity contribution in [1.82, 2.24) is 0 Å². The van der Waals surface area contributed by atoms with Crippen LogP contribution < -0.4 is 10.6 Å². The molecule has 3 rings (SSSR count). The van der Waals surface area contributed by atoms with E-state index in [0.717, 1.165) is 17.1 Å². The van der Waals surface area contributed by atoms with Gasteiger partial charge in [0.2, 0.25) is 0 Å². The third-order valence-electron chi connectivity index (χ3n) is 3.37. The Labute approximate surface area is 134 Å². The number of nitrogens with one attached hydrogen (secondary N) is 2. The molecular weight excluding hydrogens is 288 g/mol. The minimum absolute atomic E-state index is 0.229. The second-order valence-electron chi connectivity index (χ2n) is 5.05. The zero-order valence-corrected chi connectivity index (χ0v) is 12.4. The van der Waals surface area contributed by atoms with Gasteiger partial charge in [0.25, 0.3) is 0 Å². The van der Waals surface area contributed by atoms with E-state index in [1.54, 1.807) is 18.2 Å². The fourth-order valence-corrected chi connectivity index (χ4v) is 2.28. The third kappa shape index (κ3) is 3.68. The summed E-state index contributed by atoms with van der Waals surface area (Å²) in [6.45, 7) is 0. The first-order valence-corrected chi connectivity index (χ1v) is 7.24. The molecule has 114 valence electrons. The zero-order valence-electron chi connectivity index (χ0n) is 12.4. The molecule has 0 saturated carbocycles. The van der Waals surface area contributed by atoms with Gasteiger partial charge in [-0.05, 0) is 42.5 Å². The minimum Gasteiger partial charge on any atom is -0.478 e. The van der Waals surface area contributed by atoms with Gasteiger partial charge in [0, 0.05) is 17.1 Å². The summed E-state index contributed by atoms with van der Waals surface area (Å²) in [5.74, 6) is -0.963. The molecule has 0 aliphatic heterocycles. The molecule has 0 spiro atoms. The quantitative estimate of drug-likeness (QED) is 0.629. The van der Waals surface area contributed by atoms with Crippen molar-refractivity contribution < 1.29 is 9.90 Å². The highest BCUT2D eigenvalue weighted by molar-refractivity contribution is 5.96. The molecule has 0 radical (unpaired) electrons. The Bertz CT molecular complexity index is 802. The van der Waals surface area contributed by atoms with Gasteiger partial charge in [-0.25, -0.2) is 4.79 Å². The van der Waals surface area contributed by atoms with Crippen molar-refractivity contribution in [3.8, 4) is 0 Å². The highest BCUT2D eigenvalue weighted by Crippen LogP contribution is 2.26. The van der Waals surface area contributed by atoms with Crippen LogP contribution in [0.1, 0.15) is 10.4 Å². The van der Waals surface area contributed by atoms with Gasteiger partial charge in [-0.3, -0.25) is 0 Å². The fraction of sp³-hybridized carbons (Fsp3) is 0. The summed E-state index contributed by atoms with van der Waals surface area (Å²) in [5, 5.41) is 15.8. The molecule has 0 aliphatic rings. The SMILES string of the molecule is O=C(O)c1ccc(Nc2ccccc2)cc1Nc1ccccc1. The maximum atomic E-state index is 11.4. The Kier molecular flexibility index (Phi) is 4.25. The van der Waals surface area contributed by atoms with Gasteiger partial charge < -0.3 is 15.7 Å². The second kappa shape index (κ2) is 6.66. The van der Waals surface area contributed by atoms with Crippen LogP contribution in [0.2, 0.25) is 0 Å². The standard InChI is InChI=1S/C19H16N2O2/c22-19(23)17-12-11-16(20-14-7-3-1-4-8-14)13-18(17)21-15-9-5-2-6-10-15/h1-13,20-21H,(H,22,23). The van der Waals surface area contributed by atoms with Gasteiger partial charge in [-0.1, -0.05) is 36.4 Å². The predicted octanol–water partition coefficient (Wildman–Crippen LogP) is 4.87. The maximum absolute atomic E-state index is 11.4. The number of anilines is 4. The average Bonchev–Trinajstić information content (AvgIpc) is 2.57. The van der Waals surface area contributed by atoms with Crippen molar-refractivity contribution in [2.24, 2.45) is 0 Å². The summed E-state index contributed by atoms with van der Waals surface area (Å²) >= 11 is 0. The van der Waals surface area contributed by atoms with E-state index in [9.17, 15) is 9.90 Å². The number of hydrogen-bond donors (Lipinski definition) is 3. The molecule has 0 aromatic heterocycles. The largest absolute Gasteiger partial charge is 0.478 e. The van der Waals surface area contributed by atoms with Gasteiger partial charge in [-0.2, -0.15) is 0 Å². The van der Waals surface area contributed by atoms with Crippen LogP contribution >= 0.6 is 0 Å². The summed E-state index contributed by atoms with van der Waals surface area (Å²) in [6, 6.07) is 24.4. The highest BCUT2D eigenvalue weighted by Gasteiger charge is 2.11. The Hall–Kier alpha value is -3.27. The molecule has 0 heterocycles. The zero-order chi connectivity index (χ0) is 16.1. The van der Waals surface area contributed by atoms with Gasteiger partial charge in [0.05, 0.1) is 11.3 Å². The number of para-hydroxylation sites is 2. The minimum atomic E-state index is -0.963. The molecule has 0 fully saturated rings. The summed E-state index contributed by atoms with van der Waals surface area (Å²) in [4.78, 5) is 11.4. The number of hydrogen-bond acceptors (Lipinski definition) is 3. The van der Waals surface area contributed by atoms with Crippen LogP contribution in [-0.4, -0.2) is 11.1 Å². The maximum Gasteiger partial charge on any atom is 0.337 e. The molecule has 0 saturated heterocycles. The Morgan fingerprint density at radius 1 is 0.696 bits per heavy atom. The van der Waals surface area contributed by atoms with Crippen molar-refractivity contribution in [2.45, 2.75) is 0 Å². The van der Waals surface area contributed by atoms with Gasteiger partial charge in [-0.15, -0.1) is 0 Å². The molecule has 23 heavy (non-hydrogen) atoms. The topological polar surface area (TPSA) is 61.4 Å². The third-order valence-corrected chi connectivity index (χ3v) is 3.37. The number of carboxylic acids is 1. The van der Waals surface area contributed by atoms with E-state index in [-0.39, 0.29) is 5.56 Å². The Morgan fingerprint density at radius 3 is 1.83 bits per heavy atom. The fourth-order valence-electron chi connectivity index (χ4n) is 2.28. The average molecular weight is 304 g/mol. The number of carbonyl (C=O) groups is 1. The van der Waals surface area contributed by atoms with E-state index in [0.29, 0.717) is 5.69 Å². The van der Waals surface area contributed by atoms with E-state index >= 15 is 0 Å². The van der Waals surface area contributed by atoms with Crippen LogP contribution in [0.15, 0.2) is 78.9 Å². The van der Waals surface area contributed by atoms with Crippen molar-refractivity contribution in [3.63, 3.8) is 0 Å². The van der Waals surface area contributed by atoms with Crippen molar-refractivity contribution in [3.05, 3.63) is 84.4 Å². The van der Waals surface area contributed by atoms with Crippen LogP contribution in [0.4, 0.5) is 22.7 Å². The lowest BCUT2D eigenvalue weighted by atomic mass is 10.1. The lowest BCUT2D eigenvalue weighted by Crippen LogP contribution is -2.03. The molecule has 0 atom stereocenters. The molecule has 3 aromatic rings. The van der Waals surface area contributed by atoms with Gasteiger partial charge in [0.1, 0.15) is 0 Å². The lowest BCUT2D eigenvalue weighted by Gasteiger charge is -2.13. The van der Waals surface area contributed by atoms with Crippen molar-refractivity contribution in [1.29, 1.82) is 0 Å². The highest BCUT2D eigenvalue weighted by atomic mass is 16.4. The first-order valence-electron chi connectivity index (χ1n) is 7.24.